The van der Waals surface area contributed by atoms with Crippen molar-refractivity contribution in [3.05, 3.63) is 5.82 Å². The van der Waals surface area contributed by atoms with Crippen LogP contribution < -0.4 is 4.90 Å². The molecule has 0 atom stereocenters. The van der Waals surface area contributed by atoms with Crippen LogP contribution in [0.5, 0.6) is 0 Å². The Morgan fingerprint density at radius 1 is 1.22 bits per heavy atom. The summed E-state index contributed by atoms with van der Waals surface area (Å²) in [5, 5.41) is 3.74. The first-order valence-electron chi connectivity index (χ1n) is 6.79. The highest BCUT2D eigenvalue weighted by atomic mass is 16.5. The van der Waals surface area contributed by atoms with Gasteiger partial charge in [0.05, 0.1) is 0 Å². The lowest BCUT2D eigenvalue weighted by Crippen LogP contribution is -2.32. The van der Waals surface area contributed by atoms with E-state index in [0.29, 0.717) is 24.8 Å². The normalized spacial score (nSPS) is 10.6. The van der Waals surface area contributed by atoms with Gasteiger partial charge in [-0.2, -0.15) is 4.98 Å². The van der Waals surface area contributed by atoms with Crippen molar-refractivity contribution in [2.75, 3.05) is 11.4 Å². The molecule has 0 N–H and O–H groups in total. The largest absolute Gasteiger partial charge is 0.330 e. The number of hydrogen-bond donors (Lipinski definition) is 0. The number of anilines is 1. The van der Waals surface area contributed by atoms with E-state index in [9.17, 15) is 4.79 Å². The molecular formula is C13H23N3O2. The lowest BCUT2D eigenvalue weighted by Gasteiger charge is -2.17. The standard InChI is InChI=1S/C13H23N3O2/c1-4-6-8-9-12(17)16(10-7-5-2)13-14-11(3)15-18-13/h4-10H2,1-3H3. The fourth-order valence-corrected chi connectivity index (χ4v) is 1.70. The number of aryl methyl sites for hydroxylation is 1. The van der Waals surface area contributed by atoms with Gasteiger partial charge in [0, 0.05) is 13.0 Å². The van der Waals surface area contributed by atoms with Crippen LogP contribution in [0.1, 0.15) is 58.2 Å². The zero-order valence-electron chi connectivity index (χ0n) is 11.6. The maximum atomic E-state index is 12.1. The second-order valence-electron chi connectivity index (χ2n) is 4.48. The monoisotopic (exact) mass is 253 g/mol. The SMILES string of the molecule is CCCCCC(=O)N(CCCC)c1nc(C)no1. The second-order valence-corrected chi connectivity index (χ2v) is 4.48. The first-order chi connectivity index (χ1) is 8.69. The molecule has 0 aliphatic rings. The maximum Gasteiger partial charge on any atom is 0.330 e. The van der Waals surface area contributed by atoms with E-state index in [1.54, 1.807) is 11.8 Å². The van der Waals surface area contributed by atoms with Crippen molar-refractivity contribution in [2.24, 2.45) is 0 Å². The van der Waals surface area contributed by atoms with Crippen LogP contribution in [0.25, 0.3) is 0 Å². The van der Waals surface area contributed by atoms with Crippen molar-refractivity contribution < 1.29 is 9.32 Å². The number of hydrogen-bond acceptors (Lipinski definition) is 4. The van der Waals surface area contributed by atoms with Crippen LogP contribution in [-0.4, -0.2) is 22.6 Å². The lowest BCUT2D eigenvalue weighted by atomic mass is 10.2. The Hall–Kier alpha value is -1.39. The molecule has 0 unspecified atom stereocenters. The molecule has 0 bridgehead atoms. The molecule has 0 aliphatic carbocycles. The zero-order valence-corrected chi connectivity index (χ0v) is 11.6. The number of unbranched alkanes of at least 4 members (excludes halogenated alkanes) is 3. The number of nitrogens with zero attached hydrogens (tertiary/aromatic N) is 3. The molecule has 1 rings (SSSR count). The summed E-state index contributed by atoms with van der Waals surface area (Å²) in [6, 6.07) is 0.336. The fourth-order valence-electron chi connectivity index (χ4n) is 1.70. The van der Waals surface area contributed by atoms with Crippen LogP contribution in [0.15, 0.2) is 4.52 Å². The average molecular weight is 253 g/mol. The minimum absolute atomic E-state index is 0.0838. The summed E-state index contributed by atoms with van der Waals surface area (Å²) in [5.74, 6) is 0.647. The summed E-state index contributed by atoms with van der Waals surface area (Å²) in [6.45, 7) is 6.63. The van der Waals surface area contributed by atoms with Gasteiger partial charge in [0.25, 0.3) is 0 Å². The molecule has 1 aromatic rings. The third-order valence-corrected chi connectivity index (χ3v) is 2.78. The summed E-state index contributed by atoms with van der Waals surface area (Å²) in [5.41, 5.74) is 0. The highest BCUT2D eigenvalue weighted by Crippen LogP contribution is 2.14. The molecule has 0 spiro atoms. The van der Waals surface area contributed by atoms with Crippen molar-refractivity contribution in [3.63, 3.8) is 0 Å². The Morgan fingerprint density at radius 3 is 2.50 bits per heavy atom. The molecule has 5 nitrogen and oxygen atoms in total. The van der Waals surface area contributed by atoms with E-state index < -0.39 is 0 Å². The van der Waals surface area contributed by atoms with Crippen molar-refractivity contribution in [3.8, 4) is 0 Å². The Labute approximate surface area is 109 Å². The molecule has 18 heavy (non-hydrogen) atoms. The summed E-state index contributed by atoms with van der Waals surface area (Å²) in [7, 11) is 0. The van der Waals surface area contributed by atoms with E-state index in [1.807, 2.05) is 0 Å². The highest BCUT2D eigenvalue weighted by Gasteiger charge is 2.20. The molecule has 1 heterocycles. The first kappa shape index (κ1) is 14.7. The molecule has 0 saturated carbocycles. The average Bonchev–Trinajstić information content (AvgIpc) is 2.77. The van der Waals surface area contributed by atoms with Crippen molar-refractivity contribution in [1.29, 1.82) is 0 Å². The molecule has 0 aliphatic heterocycles. The second kappa shape index (κ2) is 7.84. The van der Waals surface area contributed by atoms with Crippen LogP contribution in [0.3, 0.4) is 0 Å². The summed E-state index contributed by atoms with van der Waals surface area (Å²) >= 11 is 0. The Morgan fingerprint density at radius 2 is 1.94 bits per heavy atom. The first-order valence-corrected chi connectivity index (χ1v) is 6.79. The van der Waals surface area contributed by atoms with Gasteiger partial charge in [-0.3, -0.25) is 9.69 Å². The number of amides is 1. The molecule has 102 valence electrons. The van der Waals surface area contributed by atoms with E-state index in [1.165, 1.54) is 0 Å². The van der Waals surface area contributed by atoms with E-state index in [-0.39, 0.29) is 5.91 Å². The number of carbonyl (C=O) groups is 1. The van der Waals surface area contributed by atoms with Gasteiger partial charge in [0.2, 0.25) is 5.91 Å². The number of aromatic nitrogens is 2. The van der Waals surface area contributed by atoms with Gasteiger partial charge in [-0.15, -0.1) is 0 Å². The molecule has 0 fully saturated rings. The minimum atomic E-state index is 0.0838. The molecule has 1 aromatic heterocycles. The molecule has 0 aromatic carbocycles. The van der Waals surface area contributed by atoms with Crippen LogP contribution in [0, 0.1) is 6.92 Å². The quantitative estimate of drug-likeness (QED) is 0.668. The predicted octanol–water partition coefficient (Wildman–Crippen LogP) is 3.09. The van der Waals surface area contributed by atoms with E-state index >= 15 is 0 Å². The smallest absolute Gasteiger partial charge is 0.315 e. The molecular weight excluding hydrogens is 230 g/mol. The predicted molar refractivity (Wildman–Crippen MR) is 70.4 cm³/mol. The van der Waals surface area contributed by atoms with Crippen LogP contribution in [-0.2, 0) is 4.79 Å². The van der Waals surface area contributed by atoms with Crippen molar-refractivity contribution in [1.82, 2.24) is 10.1 Å². The summed E-state index contributed by atoms with van der Waals surface area (Å²) in [6.07, 6.45) is 5.65. The van der Waals surface area contributed by atoms with Crippen molar-refractivity contribution >= 4 is 11.9 Å². The third kappa shape index (κ3) is 4.47. The van der Waals surface area contributed by atoms with E-state index in [2.05, 4.69) is 24.0 Å². The summed E-state index contributed by atoms with van der Waals surface area (Å²) in [4.78, 5) is 17.9. The minimum Gasteiger partial charge on any atom is -0.315 e. The van der Waals surface area contributed by atoms with Gasteiger partial charge in [0.1, 0.15) is 0 Å². The molecule has 1 amide bonds. The molecule has 5 heteroatoms. The van der Waals surface area contributed by atoms with Crippen LogP contribution in [0.4, 0.5) is 6.01 Å². The van der Waals surface area contributed by atoms with Crippen LogP contribution in [0.2, 0.25) is 0 Å². The number of carbonyl (C=O) groups excluding carboxylic acids is 1. The van der Waals surface area contributed by atoms with Gasteiger partial charge < -0.3 is 4.52 Å². The molecule has 0 saturated heterocycles. The fraction of sp³-hybridized carbons (Fsp3) is 0.769. The van der Waals surface area contributed by atoms with Gasteiger partial charge in [-0.1, -0.05) is 38.3 Å². The zero-order chi connectivity index (χ0) is 13.4. The van der Waals surface area contributed by atoms with Gasteiger partial charge in [-0.05, 0) is 19.8 Å². The summed E-state index contributed by atoms with van der Waals surface area (Å²) < 4.78 is 5.09. The Bertz CT molecular complexity index is 363. The third-order valence-electron chi connectivity index (χ3n) is 2.78. The topological polar surface area (TPSA) is 59.2 Å². The highest BCUT2D eigenvalue weighted by molar-refractivity contribution is 5.91. The maximum absolute atomic E-state index is 12.1. The Kier molecular flexibility index (Phi) is 6.39. The Balaban J connectivity index is 2.62. The van der Waals surface area contributed by atoms with Gasteiger partial charge in [0.15, 0.2) is 5.82 Å². The van der Waals surface area contributed by atoms with E-state index in [4.69, 9.17) is 4.52 Å². The lowest BCUT2D eigenvalue weighted by molar-refractivity contribution is -0.119. The van der Waals surface area contributed by atoms with Gasteiger partial charge in [-0.25, -0.2) is 0 Å². The van der Waals surface area contributed by atoms with Gasteiger partial charge >= 0.3 is 6.01 Å². The molecule has 0 radical (unpaired) electrons. The number of rotatable bonds is 8. The van der Waals surface area contributed by atoms with Crippen LogP contribution >= 0.6 is 0 Å². The van der Waals surface area contributed by atoms with E-state index in [0.717, 1.165) is 32.1 Å². The van der Waals surface area contributed by atoms with Crippen molar-refractivity contribution in [2.45, 2.75) is 59.3 Å².